The first-order valence-electron chi connectivity index (χ1n) is 7.52. The van der Waals surface area contributed by atoms with Crippen LogP contribution in [0.1, 0.15) is 32.6 Å². The molecule has 3 aliphatic rings. The Morgan fingerprint density at radius 2 is 2.06 bits per heavy atom. The number of piperazine rings is 1. The van der Waals surface area contributed by atoms with Crippen LogP contribution in [-0.2, 0) is 0 Å². The van der Waals surface area contributed by atoms with Gasteiger partial charge in [0, 0.05) is 38.3 Å². The maximum Gasteiger partial charge on any atom is 0.0224 e. The molecule has 3 nitrogen and oxygen atoms in total. The van der Waals surface area contributed by atoms with E-state index in [0.717, 1.165) is 18.0 Å². The Morgan fingerprint density at radius 3 is 2.88 bits per heavy atom. The molecule has 0 amide bonds. The predicted molar refractivity (Wildman–Crippen MR) is 71.2 cm³/mol. The van der Waals surface area contributed by atoms with Crippen LogP contribution in [0.25, 0.3) is 0 Å². The molecule has 3 heteroatoms. The van der Waals surface area contributed by atoms with E-state index in [0.29, 0.717) is 0 Å². The van der Waals surface area contributed by atoms with Crippen molar-refractivity contribution in [2.75, 3.05) is 39.3 Å². The molecule has 2 saturated heterocycles. The van der Waals surface area contributed by atoms with E-state index in [9.17, 15) is 0 Å². The second-order valence-electron chi connectivity index (χ2n) is 6.28. The Morgan fingerprint density at radius 1 is 1.18 bits per heavy atom. The molecule has 0 aromatic heterocycles. The summed E-state index contributed by atoms with van der Waals surface area (Å²) in [4.78, 5) is 5.41. The van der Waals surface area contributed by atoms with Gasteiger partial charge in [-0.2, -0.15) is 0 Å². The number of fused-ring (bicyclic) bond motifs is 1. The second-order valence-corrected chi connectivity index (χ2v) is 6.28. The third kappa shape index (κ3) is 3.01. The molecule has 3 rings (SSSR count). The lowest BCUT2D eigenvalue weighted by Gasteiger charge is -2.42. The Labute approximate surface area is 106 Å². The number of nitrogens with zero attached hydrogens (tertiary/aromatic N) is 2. The van der Waals surface area contributed by atoms with Gasteiger partial charge >= 0.3 is 0 Å². The maximum atomic E-state index is 3.62. The van der Waals surface area contributed by atoms with Crippen molar-refractivity contribution in [2.24, 2.45) is 5.92 Å². The summed E-state index contributed by atoms with van der Waals surface area (Å²) in [5, 5.41) is 3.62. The van der Waals surface area contributed by atoms with E-state index in [1.165, 1.54) is 65.0 Å². The van der Waals surface area contributed by atoms with Gasteiger partial charge in [-0.1, -0.05) is 0 Å². The highest BCUT2D eigenvalue weighted by atomic mass is 15.3. The van der Waals surface area contributed by atoms with E-state index in [1.807, 2.05) is 0 Å². The van der Waals surface area contributed by atoms with Crippen molar-refractivity contribution in [3.8, 4) is 0 Å². The highest BCUT2D eigenvalue weighted by Gasteiger charge is 2.33. The third-order valence-corrected chi connectivity index (χ3v) is 4.77. The van der Waals surface area contributed by atoms with Gasteiger partial charge in [-0.05, 0) is 51.6 Å². The van der Waals surface area contributed by atoms with Gasteiger partial charge in [-0.3, -0.25) is 9.80 Å². The minimum atomic E-state index is 0.757. The Hall–Kier alpha value is -0.120. The molecule has 98 valence electrons. The first kappa shape index (κ1) is 11.9. The number of hydrogen-bond acceptors (Lipinski definition) is 3. The number of rotatable bonds is 5. The van der Waals surface area contributed by atoms with Crippen LogP contribution in [0.2, 0.25) is 0 Å². The molecule has 0 spiro atoms. The van der Waals surface area contributed by atoms with Gasteiger partial charge in [0.1, 0.15) is 0 Å². The van der Waals surface area contributed by atoms with E-state index in [4.69, 9.17) is 0 Å². The summed E-state index contributed by atoms with van der Waals surface area (Å²) in [5.41, 5.74) is 0. The lowest BCUT2D eigenvalue weighted by molar-refractivity contribution is 0.0603. The molecular formula is C14H27N3. The summed E-state index contributed by atoms with van der Waals surface area (Å²) >= 11 is 0. The Kier molecular flexibility index (Phi) is 3.69. The summed E-state index contributed by atoms with van der Waals surface area (Å²) in [6.45, 7) is 10.1. The molecule has 1 saturated carbocycles. The fourth-order valence-corrected chi connectivity index (χ4v) is 3.41. The summed E-state index contributed by atoms with van der Waals surface area (Å²) in [7, 11) is 0. The summed E-state index contributed by atoms with van der Waals surface area (Å²) < 4.78 is 0. The van der Waals surface area contributed by atoms with Crippen LogP contribution in [0, 0.1) is 5.92 Å². The average molecular weight is 237 g/mol. The van der Waals surface area contributed by atoms with Gasteiger partial charge < -0.3 is 5.32 Å². The van der Waals surface area contributed by atoms with Crippen LogP contribution in [0.4, 0.5) is 0 Å². The predicted octanol–water partition coefficient (Wildman–Crippen LogP) is 1.15. The van der Waals surface area contributed by atoms with Crippen LogP contribution < -0.4 is 5.32 Å². The molecule has 0 radical (unpaired) electrons. The van der Waals surface area contributed by atoms with Crippen molar-refractivity contribution in [1.82, 2.24) is 15.1 Å². The van der Waals surface area contributed by atoms with E-state index < -0.39 is 0 Å². The van der Waals surface area contributed by atoms with Crippen LogP contribution >= 0.6 is 0 Å². The normalized spacial score (nSPS) is 35.1. The number of nitrogens with one attached hydrogen (secondary N) is 1. The van der Waals surface area contributed by atoms with Crippen molar-refractivity contribution in [1.29, 1.82) is 0 Å². The molecule has 3 fully saturated rings. The molecule has 2 atom stereocenters. The van der Waals surface area contributed by atoms with Crippen LogP contribution in [0.3, 0.4) is 0 Å². The lowest BCUT2D eigenvalue weighted by Crippen LogP contribution is -2.56. The van der Waals surface area contributed by atoms with E-state index >= 15 is 0 Å². The topological polar surface area (TPSA) is 18.5 Å². The van der Waals surface area contributed by atoms with Crippen LogP contribution in [-0.4, -0.2) is 61.2 Å². The fraction of sp³-hybridized carbons (Fsp3) is 1.00. The molecule has 17 heavy (non-hydrogen) atoms. The maximum absolute atomic E-state index is 3.62. The van der Waals surface area contributed by atoms with E-state index in [-0.39, 0.29) is 0 Å². The highest BCUT2D eigenvalue weighted by molar-refractivity contribution is 4.90. The fourth-order valence-electron chi connectivity index (χ4n) is 3.41. The molecule has 1 aliphatic carbocycles. The van der Waals surface area contributed by atoms with Gasteiger partial charge in [-0.25, -0.2) is 0 Å². The minimum absolute atomic E-state index is 0.757. The molecule has 2 unspecified atom stereocenters. The summed E-state index contributed by atoms with van der Waals surface area (Å²) in [6.07, 6.45) is 5.78. The van der Waals surface area contributed by atoms with E-state index in [1.54, 1.807) is 0 Å². The van der Waals surface area contributed by atoms with Gasteiger partial charge in [0.2, 0.25) is 0 Å². The van der Waals surface area contributed by atoms with Gasteiger partial charge in [0.05, 0.1) is 0 Å². The first-order valence-corrected chi connectivity index (χ1v) is 7.52. The Bertz CT molecular complexity index is 252. The van der Waals surface area contributed by atoms with Crippen LogP contribution in [0.15, 0.2) is 0 Å². The summed E-state index contributed by atoms with van der Waals surface area (Å²) in [6, 6.07) is 1.63. The molecule has 0 aromatic carbocycles. The summed E-state index contributed by atoms with van der Waals surface area (Å²) in [5.74, 6) is 1.01. The molecule has 2 heterocycles. The van der Waals surface area contributed by atoms with Gasteiger partial charge in [-0.15, -0.1) is 0 Å². The zero-order chi connectivity index (χ0) is 11.7. The molecule has 0 aromatic rings. The standard InChI is InChI=1S/C14H27N3/c1-12-10-17-7-2-3-14(17)11-16(12)8-6-15-9-13-4-5-13/h12-15H,2-11H2,1H3. The van der Waals surface area contributed by atoms with Crippen molar-refractivity contribution >= 4 is 0 Å². The van der Waals surface area contributed by atoms with Gasteiger partial charge in [0.25, 0.3) is 0 Å². The Balaban J connectivity index is 1.39. The third-order valence-electron chi connectivity index (χ3n) is 4.77. The highest BCUT2D eigenvalue weighted by Crippen LogP contribution is 2.27. The first-order chi connectivity index (χ1) is 8.33. The smallest absolute Gasteiger partial charge is 0.0224 e. The van der Waals surface area contributed by atoms with E-state index in [2.05, 4.69) is 22.0 Å². The minimum Gasteiger partial charge on any atom is -0.315 e. The molecule has 2 aliphatic heterocycles. The van der Waals surface area contributed by atoms with Crippen molar-refractivity contribution in [2.45, 2.75) is 44.7 Å². The number of hydrogen-bond donors (Lipinski definition) is 1. The SMILES string of the molecule is CC1CN2CCCC2CN1CCNCC1CC1. The van der Waals surface area contributed by atoms with Crippen molar-refractivity contribution in [3.63, 3.8) is 0 Å². The molecule has 0 bridgehead atoms. The van der Waals surface area contributed by atoms with Gasteiger partial charge in [0.15, 0.2) is 0 Å². The monoisotopic (exact) mass is 237 g/mol. The second kappa shape index (κ2) is 5.25. The van der Waals surface area contributed by atoms with Crippen molar-refractivity contribution < 1.29 is 0 Å². The van der Waals surface area contributed by atoms with Crippen LogP contribution in [0.5, 0.6) is 0 Å². The quantitative estimate of drug-likeness (QED) is 0.724. The van der Waals surface area contributed by atoms with Crippen molar-refractivity contribution in [3.05, 3.63) is 0 Å². The molecule has 1 N–H and O–H groups in total. The zero-order valence-electron chi connectivity index (χ0n) is 11.2. The molecular weight excluding hydrogens is 210 g/mol. The zero-order valence-corrected chi connectivity index (χ0v) is 11.2. The average Bonchev–Trinajstić information content (AvgIpc) is 3.03. The lowest BCUT2D eigenvalue weighted by atomic mass is 10.1. The largest absolute Gasteiger partial charge is 0.315 e.